The summed E-state index contributed by atoms with van der Waals surface area (Å²) in [6.07, 6.45) is 3.17. The molecule has 0 fully saturated rings. The van der Waals surface area contributed by atoms with Gasteiger partial charge in [-0.1, -0.05) is 54.6 Å². The summed E-state index contributed by atoms with van der Waals surface area (Å²) in [5, 5.41) is 7.27. The Morgan fingerprint density at radius 1 is 0.967 bits per heavy atom. The van der Waals surface area contributed by atoms with E-state index in [0.717, 1.165) is 22.4 Å². The van der Waals surface area contributed by atoms with Crippen molar-refractivity contribution in [2.45, 2.75) is 12.6 Å². The Morgan fingerprint density at radius 3 is 2.30 bits per heavy atom. The minimum Gasteiger partial charge on any atom is -0.497 e. The molecule has 0 saturated heterocycles. The molecule has 1 N–H and O–H groups in total. The van der Waals surface area contributed by atoms with E-state index in [-0.39, 0.29) is 11.9 Å². The number of carbonyl (C=O) groups excluding carboxylic acids is 1. The first kappa shape index (κ1) is 19.4. The number of hydrogen-bond donors (Lipinski definition) is 1. The molecule has 6 nitrogen and oxygen atoms in total. The van der Waals surface area contributed by atoms with Gasteiger partial charge in [-0.15, -0.1) is 0 Å². The van der Waals surface area contributed by atoms with Crippen LogP contribution in [0, 0.1) is 0 Å². The first-order chi connectivity index (χ1) is 14.7. The third kappa shape index (κ3) is 4.55. The van der Waals surface area contributed by atoms with E-state index in [1.165, 1.54) is 6.33 Å². The number of rotatable bonds is 7. The van der Waals surface area contributed by atoms with Crippen LogP contribution < -0.4 is 10.1 Å². The summed E-state index contributed by atoms with van der Waals surface area (Å²) in [7, 11) is 1.64. The van der Waals surface area contributed by atoms with Crippen molar-refractivity contribution in [2.75, 3.05) is 7.11 Å². The molecule has 4 aromatic rings. The number of aromatic nitrogens is 3. The van der Waals surface area contributed by atoms with Crippen LogP contribution in [0.2, 0.25) is 0 Å². The number of nitrogens with one attached hydrogen (secondary N) is 1. The zero-order chi connectivity index (χ0) is 20.8. The van der Waals surface area contributed by atoms with E-state index in [0.29, 0.717) is 12.1 Å². The van der Waals surface area contributed by atoms with Gasteiger partial charge in [0.25, 0.3) is 5.91 Å². The fourth-order valence-electron chi connectivity index (χ4n) is 3.28. The predicted molar refractivity (Wildman–Crippen MR) is 114 cm³/mol. The van der Waals surface area contributed by atoms with Gasteiger partial charge < -0.3 is 10.1 Å². The number of carbonyl (C=O) groups is 1. The monoisotopic (exact) mass is 398 g/mol. The molecule has 0 unspecified atom stereocenters. The Labute approximate surface area is 175 Å². The van der Waals surface area contributed by atoms with E-state index < -0.39 is 0 Å². The van der Waals surface area contributed by atoms with Gasteiger partial charge in [0, 0.05) is 5.56 Å². The van der Waals surface area contributed by atoms with Gasteiger partial charge in [-0.3, -0.25) is 4.79 Å². The average molecular weight is 398 g/mol. The van der Waals surface area contributed by atoms with E-state index in [9.17, 15) is 4.79 Å². The summed E-state index contributed by atoms with van der Waals surface area (Å²) in [6, 6.07) is 24.9. The zero-order valence-corrected chi connectivity index (χ0v) is 16.6. The van der Waals surface area contributed by atoms with Crippen LogP contribution in [0.15, 0.2) is 91.5 Å². The fourth-order valence-corrected chi connectivity index (χ4v) is 3.28. The quantitative estimate of drug-likeness (QED) is 0.513. The number of amides is 1. The standard InChI is InChI=1S/C24H22N4O2/c1-30-22-13-11-20(12-14-22)23(19-5-3-2-4-6-19)27-24(29)21-9-7-18(8-10-21)15-28-17-25-16-26-28/h2-14,16-17,23H,15H2,1H3,(H,27,29)/t23-/m0/s1. The Kier molecular flexibility index (Phi) is 5.85. The fraction of sp³-hybridized carbons (Fsp3) is 0.125. The minimum atomic E-state index is -0.264. The third-order valence-electron chi connectivity index (χ3n) is 4.88. The molecule has 1 atom stereocenters. The van der Waals surface area contributed by atoms with Crippen molar-refractivity contribution in [3.8, 4) is 5.75 Å². The number of nitrogens with zero attached hydrogens (tertiary/aromatic N) is 3. The maximum absolute atomic E-state index is 13.0. The summed E-state index contributed by atoms with van der Waals surface area (Å²) in [5.41, 5.74) is 3.65. The maximum Gasteiger partial charge on any atom is 0.252 e. The lowest BCUT2D eigenvalue weighted by Crippen LogP contribution is -2.29. The lowest BCUT2D eigenvalue weighted by Gasteiger charge is -2.20. The molecule has 1 aromatic heterocycles. The Balaban J connectivity index is 1.54. The lowest BCUT2D eigenvalue weighted by molar-refractivity contribution is 0.0943. The van der Waals surface area contributed by atoms with Gasteiger partial charge in [-0.25, -0.2) is 9.67 Å². The number of methoxy groups -OCH3 is 1. The largest absolute Gasteiger partial charge is 0.497 e. The molecule has 0 spiro atoms. The van der Waals surface area contributed by atoms with Gasteiger partial charge in [-0.2, -0.15) is 5.10 Å². The van der Waals surface area contributed by atoms with Crippen molar-refractivity contribution < 1.29 is 9.53 Å². The zero-order valence-electron chi connectivity index (χ0n) is 16.6. The molecule has 1 heterocycles. The molecule has 0 aliphatic heterocycles. The van der Waals surface area contributed by atoms with Crippen LogP contribution >= 0.6 is 0 Å². The average Bonchev–Trinajstić information content (AvgIpc) is 3.31. The van der Waals surface area contributed by atoms with E-state index >= 15 is 0 Å². The molecular weight excluding hydrogens is 376 g/mol. The maximum atomic E-state index is 13.0. The molecule has 0 radical (unpaired) electrons. The highest BCUT2D eigenvalue weighted by Gasteiger charge is 2.18. The molecule has 150 valence electrons. The van der Waals surface area contributed by atoms with Gasteiger partial charge in [0.2, 0.25) is 0 Å². The molecule has 0 bridgehead atoms. The molecular formula is C24H22N4O2. The minimum absolute atomic E-state index is 0.132. The molecule has 0 aliphatic carbocycles. The second kappa shape index (κ2) is 9.05. The Hall–Kier alpha value is -3.93. The third-order valence-corrected chi connectivity index (χ3v) is 4.88. The van der Waals surface area contributed by atoms with E-state index in [2.05, 4.69) is 15.4 Å². The van der Waals surface area contributed by atoms with Gasteiger partial charge in [0.15, 0.2) is 0 Å². The summed E-state index contributed by atoms with van der Waals surface area (Å²) in [4.78, 5) is 16.9. The van der Waals surface area contributed by atoms with Crippen LogP contribution in [-0.2, 0) is 6.54 Å². The van der Waals surface area contributed by atoms with Crippen LogP contribution in [-0.4, -0.2) is 27.8 Å². The summed E-state index contributed by atoms with van der Waals surface area (Å²) < 4.78 is 7.00. The van der Waals surface area contributed by atoms with Crippen LogP contribution in [0.4, 0.5) is 0 Å². The first-order valence-corrected chi connectivity index (χ1v) is 9.64. The first-order valence-electron chi connectivity index (χ1n) is 9.64. The number of benzene rings is 3. The Morgan fingerprint density at radius 2 is 1.67 bits per heavy atom. The SMILES string of the molecule is COc1ccc([C@@H](NC(=O)c2ccc(Cn3cncn3)cc2)c2ccccc2)cc1. The van der Waals surface area contributed by atoms with Crippen molar-refractivity contribution in [1.82, 2.24) is 20.1 Å². The van der Waals surface area contributed by atoms with Gasteiger partial charge in [0.05, 0.1) is 19.7 Å². The highest BCUT2D eigenvalue weighted by atomic mass is 16.5. The second-order valence-electron chi connectivity index (χ2n) is 6.88. The van der Waals surface area contributed by atoms with Crippen molar-refractivity contribution in [2.24, 2.45) is 0 Å². The molecule has 30 heavy (non-hydrogen) atoms. The van der Waals surface area contributed by atoms with E-state index in [1.807, 2.05) is 78.9 Å². The van der Waals surface area contributed by atoms with Gasteiger partial charge >= 0.3 is 0 Å². The van der Waals surface area contributed by atoms with E-state index in [1.54, 1.807) is 18.1 Å². The molecule has 1 amide bonds. The number of hydrogen-bond acceptors (Lipinski definition) is 4. The smallest absolute Gasteiger partial charge is 0.252 e. The van der Waals surface area contributed by atoms with Crippen molar-refractivity contribution in [3.63, 3.8) is 0 Å². The second-order valence-corrected chi connectivity index (χ2v) is 6.88. The predicted octanol–water partition coefficient (Wildman–Crippen LogP) is 3.85. The van der Waals surface area contributed by atoms with Crippen LogP contribution in [0.25, 0.3) is 0 Å². The molecule has 0 saturated carbocycles. The lowest BCUT2D eigenvalue weighted by atomic mass is 9.98. The van der Waals surface area contributed by atoms with Gasteiger partial charge in [0.1, 0.15) is 18.4 Å². The summed E-state index contributed by atoms with van der Waals surface area (Å²) in [6.45, 7) is 0.611. The van der Waals surface area contributed by atoms with Crippen LogP contribution in [0.5, 0.6) is 5.75 Å². The van der Waals surface area contributed by atoms with Crippen molar-refractivity contribution in [3.05, 3.63) is 114 Å². The summed E-state index contributed by atoms with van der Waals surface area (Å²) >= 11 is 0. The van der Waals surface area contributed by atoms with Crippen molar-refractivity contribution in [1.29, 1.82) is 0 Å². The number of ether oxygens (including phenoxy) is 1. The molecule has 3 aromatic carbocycles. The van der Waals surface area contributed by atoms with Crippen LogP contribution in [0.3, 0.4) is 0 Å². The normalized spacial score (nSPS) is 11.6. The molecule has 4 rings (SSSR count). The topological polar surface area (TPSA) is 69.0 Å². The van der Waals surface area contributed by atoms with E-state index in [4.69, 9.17) is 4.74 Å². The molecule has 6 heteroatoms. The van der Waals surface area contributed by atoms with Crippen molar-refractivity contribution >= 4 is 5.91 Å². The summed E-state index contributed by atoms with van der Waals surface area (Å²) in [5.74, 6) is 0.645. The highest BCUT2D eigenvalue weighted by molar-refractivity contribution is 5.94. The van der Waals surface area contributed by atoms with Gasteiger partial charge in [-0.05, 0) is 41.0 Å². The molecule has 0 aliphatic rings. The van der Waals surface area contributed by atoms with Crippen LogP contribution in [0.1, 0.15) is 33.1 Å². The highest BCUT2D eigenvalue weighted by Crippen LogP contribution is 2.24. The Bertz CT molecular complexity index is 1080.